The summed E-state index contributed by atoms with van der Waals surface area (Å²) in [6.07, 6.45) is 1.35. The van der Waals surface area contributed by atoms with E-state index in [2.05, 4.69) is 16.2 Å². The summed E-state index contributed by atoms with van der Waals surface area (Å²) in [5, 5.41) is 0.394. The van der Waals surface area contributed by atoms with Crippen LogP contribution < -0.4 is 9.62 Å². The molecule has 2 amide bonds. The zero-order valence-electron chi connectivity index (χ0n) is 15.3. The number of carbonyl (C=O) groups is 1. The average molecular weight is 486 g/mol. The van der Waals surface area contributed by atoms with Crippen LogP contribution in [0.25, 0.3) is 0 Å². The Balaban J connectivity index is 0.00000364. The molecule has 7 nitrogen and oxygen atoms in total. The number of aryl methyl sites for hydroxylation is 1. The van der Waals surface area contributed by atoms with Gasteiger partial charge in [-0.05, 0) is 18.8 Å². The van der Waals surface area contributed by atoms with E-state index in [9.17, 15) is 17.6 Å². The number of anilines is 1. The molecule has 0 saturated carbocycles. The second-order valence-corrected chi connectivity index (χ2v) is 8.45. The van der Waals surface area contributed by atoms with Gasteiger partial charge in [0, 0.05) is 51.0 Å². The van der Waals surface area contributed by atoms with Gasteiger partial charge in [-0.1, -0.05) is 40.0 Å². The minimum atomic E-state index is -4.18. The quantitative estimate of drug-likeness (QED) is 0.656. The van der Waals surface area contributed by atoms with E-state index in [1.54, 1.807) is 25.7 Å². The normalized spacial score (nSPS) is 13.5. The first kappa shape index (κ1) is 24.0. The van der Waals surface area contributed by atoms with Crippen LogP contribution in [0.1, 0.15) is 30.8 Å². The summed E-state index contributed by atoms with van der Waals surface area (Å²) in [6.45, 7) is 4.68. The third kappa shape index (κ3) is 5.98. The Kier molecular flexibility index (Phi) is 8.86. The second-order valence-electron chi connectivity index (χ2n) is 5.76. The van der Waals surface area contributed by atoms with Crippen LogP contribution in [0.15, 0.2) is 28.9 Å². The molecule has 2 heterocycles. The number of halogens is 1. The maximum atomic E-state index is 13.7. The molecule has 2 atom stereocenters. The van der Waals surface area contributed by atoms with Gasteiger partial charge >= 0.3 is 6.03 Å². The molecule has 0 aromatic carbocycles. The third-order valence-corrected chi connectivity index (χ3v) is 6.53. The number of rotatable bonds is 5. The van der Waals surface area contributed by atoms with Crippen molar-refractivity contribution in [3.05, 3.63) is 41.2 Å². The summed E-state index contributed by atoms with van der Waals surface area (Å²) in [5.74, 6) is 1.13. The van der Waals surface area contributed by atoms with Crippen LogP contribution in [-0.2, 0) is 42.7 Å². The van der Waals surface area contributed by atoms with E-state index >= 15 is 0 Å². The monoisotopic (exact) mass is 486 g/mol. The van der Waals surface area contributed by atoms with E-state index in [0.29, 0.717) is 19.2 Å². The molecule has 1 N–H and O–H groups in total. The maximum Gasteiger partial charge on any atom is 0.326 e. The fourth-order valence-corrected chi connectivity index (χ4v) is 4.76. The minimum absolute atomic E-state index is 0. The van der Waals surface area contributed by atoms with Gasteiger partial charge in [-0.2, -0.15) is 0 Å². The van der Waals surface area contributed by atoms with Gasteiger partial charge in [0.2, 0.25) is 0 Å². The fourth-order valence-electron chi connectivity index (χ4n) is 2.07. The van der Waals surface area contributed by atoms with Gasteiger partial charge in [-0.25, -0.2) is 22.3 Å². The summed E-state index contributed by atoms with van der Waals surface area (Å²) in [7, 11) is -2.26. The zero-order chi connectivity index (χ0) is 19.5. The van der Waals surface area contributed by atoms with Crippen molar-refractivity contribution in [1.82, 2.24) is 14.7 Å². The molecule has 0 saturated heterocycles. The number of aromatic nitrogens is 2. The number of nitrogens with zero attached hydrogens (tertiary/aromatic N) is 3. The first-order chi connectivity index (χ1) is 12.1. The Bertz CT molecular complexity index is 914. The maximum absolute atomic E-state index is 13.7. The van der Waals surface area contributed by atoms with E-state index in [1.165, 1.54) is 26.1 Å². The predicted molar refractivity (Wildman–Crippen MR) is 97.7 cm³/mol. The van der Waals surface area contributed by atoms with Gasteiger partial charge in [0.05, 0.1) is 4.90 Å². The number of sulfonamides is 1. The Morgan fingerprint density at radius 3 is 2.67 bits per heavy atom. The number of urea groups is 1. The molecule has 0 aliphatic carbocycles. The minimum Gasteiger partial charge on any atom is -0.354 e. The molecule has 0 fully saturated rings. The standard InChI is InChI=1S/C16H19FN4O3PS.Y/c1-10-7-8-18-15(19-10)21(4)16(22)20-26(23,24)13-6-5-9-25-14(13)11(2)12(3)17;/h5-7,9,11-12H,1-4H3,(H,20,22);/q-1;/t11-,12-;/m0./s1. The molecule has 2 aromatic rings. The second kappa shape index (κ2) is 9.96. The molecule has 0 bridgehead atoms. The SMILES string of the molecule is Cc1c[c-]nc(N(C)C(=O)NS(=O)(=O)c2cccpc2[C@@H](C)[C@H](C)F)n1.[Y]. The molecular formula is C16H19FN4O3PSY-. The number of hydrogen-bond acceptors (Lipinski definition) is 5. The van der Waals surface area contributed by atoms with E-state index in [0.717, 1.165) is 4.90 Å². The smallest absolute Gasteiger partial charge is 0.326 e. The number of amides is 2. The molecule has 0 aliphatic heterocycles. The van der Waals surface area contributed by atoms with Crippen LogP contribution in [0.2, 0.25) is 0 Å². The van der Waals surface area contributed by atoms with E-state index < -0.39 is 28.1 Å². The van der Waals surface area contributed by atoms with Crippen molar-refractivity contribution in [2.75, 3.05) is 11.9 Å². The fraction of sp³-hybridized carbons (Fsp3) is 0.375. The Hall–Kier alpha value is -1.02. The van der Waals surface area contributed by atoms with Gasteiger partial charge in [0.25, 0.3) is 10.0 Å². The summed E-state index contributed by atoms with van der Waals surface area (Å²) in [6, 6.07) is 3.53. The van der Waals surface area contributed by atoms with Gasteiger partial charge in [-0.15, -0.1) is 6.07 Å². The number of carbonyl (C=O) groups excluding carboxylic acids is 1. The van der Waals surface area contributed by atoms with Crippen LogP contribution in [0.5, 0.6) is 0 Å². The van der Waals surface area contributed by atoms with Gasteiger partial charge in [-0.3, -0.25) is 0 Å². The van der Waals surface area contributed by atoms with Gasteiger partial charge in [0.15, 0.2) is 0 Å². The number of hydrogen-bond donors (Lipinski definition) is 1. The molecular weight excluding hydrogens is 467 g/mol. The van der Waals surface area contributed by atoms with Crippen LogP contribution >= 0.6 is 8.19 Å². The van der Waals surface area contributed by atoms with Crippen LogP contribution in [-0.4, -0.2) is 37.6 Å². The van der Waals surface area contributed by atoms with Crippen LogP contribution in [0.4, 0.5) is 15.1 Å². The predicted octanol–water partition coefficient (Wildman–Crippen LogP) is 3.16. The number of nitrogens with one attached hydrogen (secondary N) is 1. The van der Waals surface area contributed by atoms with E-state index in [-0.39, 0.29) is 43.6 Å². The molecule has 0 unspecified atom stereocenters. The summed E-state index contributed by atoms with van der Waals surface area (Å²) in [5.41, 5.74) is 0.581. The van der Waals surface area contributed by atoms with Crippen molar-refractivity contribution < 1.29 is 50.3 Å². The summed E-state index contributed by atoms with van der Waals surface area (Å²) >= 11 is 0. The Labute approximate surface area is 185 Å². The topological polar surface area (TPSA) is 92.3 Å². The van der Waals surface area contributed by atoms with Crippen molar-refractivity contribution in [1.29, 1.82) is 0 Å². The van der Waals surface area contributed by atoms with Crippen molar-refractivity contribution in [3.63, 3.8) is 0 Å². The van der Waals surface area contributed by atoms with Crippen molar-refractivity contribution >= 4 is 30.2 Å². The first-order valence-electron chi connectivity index (χ1n) is 7.74. The van der Waals surface area contributed by atoms with Crippen LogP contribution in [0, 0.1) is 13.1 Å². The third-order valence-electron chi connectivity index (χ3n) is 3.75. The van der Waals surface area contributed by atoms with Crippen LogP contribution in [0.3, 0.4) is 0 Å². The van der Waals surface area contributed by atoms with Crippen molar-refractivity contribution in [2.45, 2.75) is 37.8 Å². The van der Waals surface area contributed by atoms with Crippen molar-refractivity contribution in [2.24, 2.45) is 0 Å². The molecule has 0 aliphatic rings. The van der Waals surface area contributed by atoms with Gasteiger partial charge < -0.3 is 14.9 Å². The Morgan fingerprint density at radius 1 is 1.41 bits per heavy atom. The summed E-state index contributed by atoms with van der Waals surface area (Å²) < 4.78 is 41.0. The van der Waals surface area contributed by atoms with E-state index in [1.807, 2.05) is 4.72 Å². The number of alkyl halides is 1. The molecule has 2 aromatic heterocycles. The molecule has 1 radical (unpaired) electrons. The molecule has 0 spiro atoms. The Morgan fingerprint density at radius 2 is 2.07 bits per heavy atom. The van der Waals surface area contributed by atoms with Gasteiger partial charge in [0.1, 0.15) is 12.1 Å². The zero-order valence-corrected chi connectivity index (χ0v) is 19.9. The summed E-state index contributed by atoms with van der Waals surface area (Å²) in [4.78, 5) is 21.1. The molecule has 143 valence electrons. The first-order valence-corrected chi connectivity index (χ1v) is 10.2. The average Bonchev–Trinajstić information content (AvgIpc) is 2.59. The largest absolute Gasteiger partial charge is 0.354 e. The van der Waals surface area contributed by atoms with E-state index in [4.69, 9.17) is 0 Å². The molecule has 11 heteroatoms. The molecule has 27 heavy (non-hydrogen) atoms. The van der Waals surface area contributed by atoms with Crippen molar-refractivity contribution in [3.8, 4) is 0 Å². The molecule has 2 rings (SSSR count).